The van der Waals surface area contributed by atoms with Gasteiger partial charge in [-0.2, -0.15) is 5.10 Å². The molecule has 0 amide bonds. The van der Waals surface area contributed by atoms with Gasteiger partial charge < -0.3 is 4.42 Å². The van der Waals surface area contributed by atoms with Crippen molar-refractivity contribution in [1.82, 2.24) is 14.8 Å². The van der Waals surface area contributed by atoms with E-state index in [2.05, 4.69) is 10.1 Å². The van der Waals surface area contributed by atoms with Crippen molar-refractivity contribution in [3.63, 3.8) is 0 Å². The monoisotopic (exact) mass is 219 g/mol. The summed E-state index contributed by atoms with van der Waals surface area (Å²) in [6, 6.07) is 1.68. The van der Waals surface area contributed by atoms with Crippen molar-refractivity contribution in [2.75, 3.05) is 0 Å². The zero-order valence-electron chi connectivity index (χ0n) is 9.30. The molecular weight excluding hydrogens is 206 g/mol. The number of carbonyl (C=O) groups is 1. The third-order valence-electron chi connectivity index (χ3n) is 2.47. The van der Waals surface area contributed by atoms with E-state index < -0.39 is 0 Å². The van der Waals surface area contributed by atoms with Gasteiger partial charge >= 0.3 is 0 Å². The van der Waals surface area contributed by atoms with E-state index in [1.54, 1.807) is 17.7 Å². The molecule has 0 radical (unpaired) electrons. The summed E-state index contributed by atoms with van der Waals surface area (Å²) in [5.41, 5.74) is 0.616. The molecule has 0 bridgehead atoms. The van der Waals surface area contributed by atoms with Crippen molar-refractivity contribution in [3.05, 3.63) is 35.8 Å². The van der Waals surface area contributed by atoms with Gasteiger partial charge in [0.05, 0.1) is 18.2 Å². The van der Waals surface area contributed by atoms with Crippen LogP contribution in [0, 0.1) is 6.92 Å². The molecule has 0 aliphatic heterocycles. The highest BCUT2D eigenvalue weighted by atomic mass is 16.3. The summed E-state index contributed by atoms with van der Waals surface area (Å²) in [6.07, 6.45) is 3.25. The first-order valence-electron chi connectivity index (χ1n) is 5.16. The Balaban J connectivity index is 2.17. The predicted molar refractivity (Wildman–Crippen MR) is 57.2 cm³/mol. The van der Waals surface area contributed by atoms with E-state index in [1.807, 2.05) is 6.92 Å². The lowest BCUT2D eigenvalue weighted by atomic mass is 10.1. The van der Waals surface area contributed by atoms with Crippen LogP contribution in [0.15, 0.2) is 23.1 Å². The lowest BCUT2D eigenvalue weighted by molar-refractivity contribution is 0.0988. The summed E-state index contributed by atoms with van der Waals surface area (Å²) >= 11 is 0. The molecule has 0 unspecified atom stereocenters. The molecule has 2 heterocycles. The third-order valence-corrected chi connectivity index (χ3v) is 2.47. The van der Waals surface area contributed by atoms with E-state index >= 15 is 0 Å². The summed E-state index contributed by atoms with van der Waals surface area (Å²) in [5.74, 6) is 1.34. The van der Waals surface area contributed by atoms with Gasteiger partial charge in [-0.3, -0.25) is 4.79 Å². The van der Waals surface area contributed by atoms with Gasteiger partial charge in [0.15, 0.2) is 5.78 Å². The first-order chi connectivity index (χ1) is 7.72. The Morgan fingerprint density at radius 3 is 3.00 bits per heavy atom. The van der Waals surface area contributed by atoms with E-state index in [0.717, 1.165) is 0 Å². The minimum atomic E-state index is 0.00829. The third kappa shape index (κ3) is 1.88. The SMILES string of the molecule is CCn1ncnc1CC(=O)c1ccoc1C. The van der Waals surface area contributed by atoms with Crippen LogP contribution >= 0.6 is 0 Å². The maximum absolute atomic E-state index is 11.9. The second kappa shape index (κ2) is 4.30. The topological polar surface area (TPSA) is 60.9 Å². The predicted octanol–water partition coefficient (Wildman–Crippen LogP) is 1.62. The summed E-state index contributed by atoms with van der Waals surface area (Å²) < 4.78 is 6.81. The van der Waals surface area contributed by atoms with Gasteiger partial charge in [0.1, 0.15) is 17.9 Å². The molecule has 0 aromatic carbocycles. The van der Waals surface area contributed by atoms with Crippen molar-refractivity contribution in [3.8, 4) is 0 Å². The lowest BCUT2D eigenvalue weighted by Crippen LogP contribution is -2.10. The zero-order valence-corrected chi connectivity index (χ0v) is 9.30. The molecule has 0 N–H and O–H groups in total. The average Bonchev–Trinajstić information content (AvgIpc) is 2.86. The van der Waals surface area contributed by atoms with Crippen LogP contribution < -0.4 is 0 Å². The van der Waals surface area contributed by atoms with E-state index in [0.29, 0.717) is 23.7 Å². The van der Waals surface area contributed by atoms with Gasteiger partial charge in [-0.05, 0) is 19.9 Å². The van der Waals surface area contributed by atoms with E-state index in [1.165, 1.54) is 12.6 Å². The zero-order chi connectivity index (χ0) is 11.5. The molecule has 84 valence electrons. The number of aromatic nitrogens is 3. The maximum atomic E-state index is 11.9. The fraction of sp³-hybridized carbons (Fsp3) is 0.364. The van der Waals surface area contributed by atoms with Crippen LogP contribution in [0.4, 0.5) is 0 Å². The smallest absolute Gasteiger partial charge is 0.173 e. The molecule has 0 fully saturated rings. The van der Waals surface area contributed by atoms with Gasteiger partial charge in [0, 0.05) is 6.54 Å². The summed E-state index contributed by atoms with van der Waals surface area (Å²) in [6.45, 7) is 4.45. The molecule has 5 heteroatoms. The second-order valence-corrected chi connectivity index (χ2v) is 3.48. The van der Waals surface area contributed by atoms with Crippen LogP contribution in [-0.2, 0) is 13.0 Å². The van der Waals surface area contributed by atoms with Crippen LogP contribution in [0.1, 0.15) is 28.9 Å². The van der Waals surface area contributed by atoms with Gasteiger partial charge in [-0.15, -0.1) is 0 Å². The fourth-order valence-electron chi connectivity index (χ4n) is 1.60. The number of ketones is 1. The molecule has 5 nitrogen and oxygen atoms in total. The number of rotatable bonds is 4. The Morgan fingerprint density at radius 2 is 2.38 bits per heavy atom. The average molecular weight is 219 g/mol. The molecule has 0 spiro atoms. The van der Waals surface area contributed by atoms with E-state index in [4.69, 9.17) is 4.42 Å². The van der Waals surface area contributed by atoms with E-state index in [9.17, 15) is 4.79 Å². The normalized spacial score (nSPS) is 10.6. The van der Waals surface area contributed by atoms with Crippen molar-refractivity contribution in [2.45, 2.75) is 26.8 Å². The Kier molecular flexibility index (Phi) is 2.85. The highest BCUT2D eigenvalue weighted by Crippen LogP contribution is 2.11. The fourth-order valence-corrected chi connectivity index (χ4v) is 1.60. The molecule has 16 heavy (non-hydrogen) atoms. The first kappa shape index (κ1) is 10.6. The largest absolute Gasteiger partial charge is 0.469 e. The van der Waals surface area contributed by atoms with Crippen molar-refractivity contribution in [2.24, 2.45) is 0 Å². The number of aryl methyl sites for hydroxylation is 2. The quantitative estimate of drug-likeness (QED) is 0.733. The van der Waals surface area contributed by atoms with Crippen LogP contribution in [0.5, 0.6) is 0 Å². The molecular formula is C11H13N3O2. The molecule has 2 aromatic rings. The number of nitrogens with zero attached hydrogens (tertiary/aromatic N) is 3. The Hall–Kier alpha value is -1.91. The van der Waals surface area contributed by atoms with Crippen LogP contribution in [0.25, 0.3) is 0 Å². The minimum absolute atomic E-state index is 0.00829. The highest BCUT2D eigenvalue weighted by Gasteiger charge is 2.15. The Bertz CT molecular complexity index is 499. The number of Topliss-reactive ketones (excluding diaryl/α,β-unsaturated/α-hetero) is 1. The second-order valence-electron chi connectivity index (χ2n) is 3.48. The van der Waals surface area contributed by atoms with Gasteiger partial charge in [-0.25, -0.2) is 9.67 Å². The number of furan rings is 1. The van der Waals surface area contributed by atoms with Crippen LogP contribution in [-0.4, -0.2) is 20.5 Å². The molecule has 0 saturated carbocycles. The molecule has 2 rings (SSSR count). The number of hydrogen-bond acceptors (Lipinski definition) is 4. The molecule has 0 atom stereocenters. The van der Waals surface area contributed by atoms with Crippen molar-refractivity contribution >= 4 is 5.78 Å². The molecule has 0 aliphatic rings. The number of hydrogen-bond donors (Lipinski definition) is 0. The van der Waals surface area contributed by atoms with Crippen molar-refractivity contribution in [1.29, 1.82) is 0 Å². The first-order valence-corrected chi connectivity index (χ1v) is 5.16. The highest BCUT2D eigenvalue weighted by molar-refractivity contribution is 5.97. The van der Waals surface area contributed by atoms with Gasteiger partial charge in [-0.1, -0.05) is 0 Å². The number of carbonyl (C=O) groups excluding carboxylic acids is 1. The van der Waals surface area contributed by atoms with Crippen LogP contribution in [0.2, 0.25) is 0 Å². The van der Waals surface area contributed by atoms with Crippen molar-refractivity contribution < 1.29 is 9.21 Å². The summed E-state index contributed by atoms with van der Waals surface area (Å²) in [7, 11) is 0. The van der Waals surface area contributed by atoms with Crippen LogP contribution in [0.3, 0.4) is 0 Å². The maximum Gasteiger partial charge on any atom is 0.173 e. The minimum Gasteiger partial charge on any atom is -0.469 e. The lowest BCUT2D eigenvalue weighted by Gasteiger charge is -2.01. The van der Waals surface area contributed by atoms with E-state index in [-0.39, 0.29) is 12.2 Å². The Labute approximate surface area is 93.1 Å². The van der Waals surface area contributed by atoms with Gasteiger partial charge in [0.2, 0.25) is 0 Å². The Morgan fingerprint density at radius 1 is 1.56 bits per heavy atom. The van der Waals surface area contributed by atoms with Gasteiger partial charge in [0.25, 0.3) is 0 Å². The standard InChI is InChI=1S/C11H13N3O2/c1-3-14-11(12-7-13-14)6-10(15)9-4-5-16-8(9)2/h4-5,7H,3,6H2,1-2H3. The molecule has 0 saturated heterocycles. The molecule has 0 aliphatic carbocycles. The summed E-state index contributed by atoms with van der Waals surface area (Å²) in [5, 5.41) is 4.02. The summed E-state index contributed by atoms with van der Waals surface area (Å²) in [4.78, 5) is 16.0. The molecule has 2 aromatic heterocycles.